The molecule has 1 aromatic heterocycles. The summed E-state index contributed by atoms with van der Waals surface area (Å²) in [5.41, 5.74) is 6.70. The van der Waals surface area contributed by atoms with Gasteiger partial charge in [-0.15, -0.1) is 10.2 Å². The number of nitrogens with one attached hydrogen (secondary N) is 2. The Labute approximate surface area is 97.4 Å². The smallest absolute Gasteiger partial charge is 0.251 e. The Morgan fingerprint density at radius 3 is 2.71 bits per heavy atom. The number of benzene rings is 1. The maximum Gasteiger partial charge on any atom is 0.251 e. The number of aromatic nitrogens is 4. The van der Waals surface area contributed by atoms with Crippen LogP contribution in [0.4, 0.5) is 5.69 Å². The van der Waals surface area contributed by atoms with E-state index >= 15 is 0 Å². The average Bonchev–Trinajstić information content (AvgIpc) is 2.83. The highest BCUT2D eigenvalue weighted by molar-refractivity contribution is 5.94. The van der Waals surface area contributed by atoms with Gasteiger partial charge in [-0.25, -0.2) is 0 Å². The van der Waals surface area contributed by atoms with Gasteiger partial charge >= 0.3 is 0 Å². The quantitative estimate of drug-likeness (QED) is 0.658. The van der Waals surface area contributed by atoms with E-state index in [0.717, 1.165) is 0 Å². The Morgan fingerprint density at radius 2 is 2.12 bits per heavy atom. The molecule has 0 aliphatic rings. The zero-order valence-electron chi connectivity index (χ0n) is 9.21. The molecule has 0 aliphatic heterocycles. The number of hydrogen-bond acceptors (Lipinski definition) is 5. The predicted molar refractivity (Wildman–Crippen MR) is 60.9 cm³/mol. The van der Waals surface area contributed by atoms with Crippen molar-refractivity contribution in [2.75, 3.05) is 5.73 Å². The molecule has 2 aromatic rings. The average molecular weight is 232 g/mol. The van der Waals surface area contributed by atoms with Crippen LogP contribution >= 0.6 is 0 Å². The molecule has 0 aliphatic carbocycles. The minimum absolute atomic E-state index is 0.206. The number of H-pyrrole nitrogens is 1. The van der Waals surface area contributed by atoms with Gasteiger partial charge in [-0.3, -0.25) is 4.79 Å². The van der Waals surface area contributed by atoms with Crippen molar-refractivity contribution < 1.29 is 4.79 Å². The molecule has 7 heteroatoms. The monoisotopic (exact) mass is 232 g/mol. The van der Waals surface area contributed by atoms with Gasteiger partial charge in [0.15, 0.2) is 5.82 Å². The van der Waals surface area contributed by atoms with Crippen LogP contribution in [-0.2, 0) is 0 Å². The minimum atomic E-state index is -0.307. The Morgan fingerprint density at radius 1 is 1.41 bits per heavy atom. The summed E-state index contributed by atoms with van der Waals surface area (Å²) in [6.45, 7) is 1.78. The summed E-state index contributed by atoms with van der Waals surface area (Å²) in [4.78, 5) is 11.8. The summed E-state index contributed by atoms with van der Waals surface area (Å²) in [6.07, 6.45) is 0. The number of carbonyl (C=O) groups is 1. The van der Waals surface area contributed by atoms with Crippen molar-refractivity contribution in [3.63, 3.8) is 0 Å². The molecule has 1 atom stereocenters. The lowest BCUT2D eigenvalue weighted by molar-refractivity contribution is 0.0938. The zero-order chi connectivity index (χ0) is 12.3. The topological polar surface area (TPSA) is 110 Å². The maximum absolute atomic E-state index is 11.8. The van der Waals surface area contributed by atoms with Crippen molar-refractivity contribution in [1.29, 1.82) is 0 Å². The molecule has 1 aromatic carbocycles. The van der Waals surface area contributed by atoms with Gasteiger partial charge in [0.1, 0.15) is 0 Å². The Hall–Kier alpha value is -2.44. The molecule has 1 heterocycles. The first-order valence-corrected chi connectivity index (χ1v) is 5.06. The van der Waals surface area contributed by atoms with Crippen molar-refractivity contribution in [1.82, 2.24) is 25.9 Å². The first kappa shape index (κ1) is 11.1. The molecule has 0 bridgehead atoms. The number of carbonyl (C=O) groups excluding carboxylic acids is 1. The molecule has 0 fully saturated rings. The number of hydrogen-bond donors (Lipinski definition) is 3. The summed E-state index contributed by atoms with van der Waals surface area (Å²) >= 11 is 0. The molecule has 1 amide bonds. The third kappa shape index (κ3) is 2.57. The first-order valence-electron chi connectivity index (χ1n) is 5.06. The summed E-state index contributed by atoms with van der Waals surface area (Å²) in [5, 5.41) is 16.1. The van der Waals surface area contributed by atoms with Crippen LogP contribution in [0.1, 0.15) is 29.1 Å². The highest BCUT2D eigenvalue weighted by atomic mass is 16.1. The number of nitrogens with zero attached hydrogens (tertiary/aromatic N) is 3. The summed E-state index contributed by atoms with van der Waals surface area (Å²) in [6, 6.07) is 6.36. The highest BCUT2D eigenvalue weighted by Crippen LogP contribution is 2.08. The van der Waals surface area contributed by atoms with E-state index in [1.807, 2.05) is 0 Å². The minimum Gasteiger partial charge on any atom is -0.399 e. The molecular weight excluding hydrogens is 220 g/mol. The largest absolute Gasteiger partial charge is 0.399 e. The fraction of sp³-hybridized carbons (Fsp3) is 0.200. The summed E-state index contributed by atoms with van der Waals surface area (Å²) in [7, 11) is 0. The van der Waals surface area contributed by atoms with Crippen LogP contribution in [-0.4, -0.2) is 26.5 Å². The van der Waals surface area contributed by atoms with Gasteiger partial charge in [0.25, 0.3) is 5.91 Å². The predicted octanol–water partition coefficient (Wildman–Crippen LogP) is 0.273. The summed E-state index contributed by atoms with van der Waals surface area (Å²) < 4.78 is 0. The first-order chi connectivity index (χ1) is 8.16. The molecule has 88 valence electrons. The molecule has 7 nitrogen and oxygen atoms in total. The fourth-order valence-corrected chi connectivity index (χ4v) is 1.33. The normalized spacial score (nSPS) is 12.1. The van der Waals surface area contributed by atoms with E-state index in [2.05, 4.69) is 25.9 Å². The second-order valence-electron chi connectivity index (χ2n) is 3.59. The van der Waals surface area contributed by atoms with Gasteiger partial charge < -0.3 is 11.1 Å². The van der Waals surface area contributed by atoms with Crippen molar-refractivity contribution in [2.24, 2.45) is 0 Å². The summed E-state index contributed by atoms with van der Waals surface area (Å²) in [5.74, 6) is 0.232. The van der Waals surface area contributed by atoms with E-state index in [9.17, 15) is 4.79 Å². The number of tetrazole rings is 1. The lowest BCUT2D eigenvalue weighted by Crippen LogP contribution is -2.27. The highest BCUT2D eigenvalue weighted by Gasteiger charge is 2.14. The lowest BCUT2D eigenvalue weighted by Gasteiger charge is -2.09. The molecule has 0 saturated carbocycles. The van der Waals surface area contributed by atoms with Gasteiger partial charge in [-0.1, -0.05) is 5.21 Å². The van der Waals surface area contributed by atoms with Crippen molar-refractivity contribution in [3.05, 3.63) is 35.7 Å². The Balaban J connectivity index is 2.04. The van der Waals surface area contributed by atoms with Gasteiger partial charge in [0.05, 0.1) is 6.04 Å². The maximum atomic E-state index is 11.8. The van der Waals surface area contributed by atoms with Gasteiger partial charge in [0.2, 0.25) is 0 Å². The van der Waals surface area contributed by atoms with Crippen molar-refractivity contribution in [2.45, 2.75) is 13.0 Å². The Kier molecular flexibility index (Phi) is 2.99. The molecule has 0 radical (unpaired) electrons. The SMILES string of the molecule is CC(NC(=O)c1ccc(N)cc1)c1nn[nH]n1. The molecule has 1 unspecified atom stereocenters. The standard InChI is InChI=1S/C10H12N6O/c1-6(9-13-15-16-14-9)12-10(17)7-2-4-8(11)5-3-7/h2-6H,11H2,1H3,(H,12,17)(H,13,14,15,16). The van der Waals surface area contributed by atoms with E-state index in [1.165, 1.54) is 0 Å². The van der Waals surface area contributed by atoms with Crippen LogP contribution in [0.25, 0.3) is 0 Å². The molecule has 4 N–H and O–H groups in total. The molecular formula is C10H12N6O. The molecule has 17 heavy (non-hydrogen) atoms. The van der Waals surface area contributed by atoms with Crippen molar-refractivity contribution >= 4 is 11.6 Å². The van der Waals surface area contributed by atoms with E-state index in [-0.39, 0.29) is 11.9 Å². The number of nitrogens with two attached hydrogens (primary N) is 1. The zero-order valence-corrected chi connectivity index (χ0v) is 9.21. The van der Waals surface area contributed by atoms with E-state index in [1.54, 1.807) is 31.2 Å². The number of rotatable bonds is 3. The fourth-order valence-electron chi connectivity index (χ4n) is 1.33. The van der Waals surface area contributed by atoms with Crippen LogP contribution in [0.3, 0.4) is 0 Å². The van der Waals surface area contributed by atoms with Gasteiger partial charge in [-0.2, -0.15) is 5.21 Å². The second kappa shape index (κ2) is 4.60. The number of aromatic amines is 1. The van der Waals surface area contributed by atoms with Gasteiger partial charge in [-0.05, 0) is 31.2 Å². The molecule has 2 rings (SSSR count). The van der Waals surface area contributed by atoms with Gasteiger partial charge in [0, 0.05) is 11.3 Å². The third-order valence-corrected chi connectivity index (χ3v) is 2.27. The Bertz CT molecular complexity index is 492. The van der Waals surface area contributed by atoms with Crippen LogP contribution < -0.4 is 11.1 Å². The number of nitrogen functional groups attached to an aromatic ring is 1. The van der Waals surface area contributed by atoms with E-state index < -0.39 is 0 Å². The van der Waals surface area contributed by atoms with Crippen molar-refractivity contribution in [3.8, 4) is 0 Å². The molecule has 0 saturated heterocycles. The lowest BCUT2D eigenvalue weighted by atomic mass is 10.2. The van der Waals surface area contributed by atoms with Crippen LogP contribution in [0.5, 0.6) is 0 Å². The number of amides is 1. The number of anilines is 1. The van der Waals surface area contributed by atoms with E-state index in [0.29, 0.717) is 17.1 Å². The third-order valence-electron chi connectivity index (χ3n) is 2.27. The second-order valence-corrected chi connectivity index (χ2v) is 3.59. The van der Waals surface area contributed by atoms with Crippen LogP contribution in [0, 0.1) is 0 Å². The van der Waals surface area contributed by atoms with Crippen LogP contribution in [0.2, 0.25) is 0 Å². The van der Waals surface area contributed by atoms with E-state index in [4.69, 9.17) is 5.73 Å². The molecule has 0 spiro atoms. The van der Waals surface area contributed by atoms with Crippen LogP contribution in [0.15, 0.2) is 24.3 Å².